The van der Waals surface area contributed by atoms with Gasteiger partial charge in [-0.15, -0.1) is 0 Å². The average molecular weight is 240 g/mol. The lowest BCUT2D eigenvalue weighted by molar-refractivity contribution is -0.0305. The van der Waals surface area contributed by atoms with Crippen molar-refractivity contribution in [1.29, 1.82) is 0 Å². The summed E-state index contributed by atoms with van der Waals surface area (Å²) in [5.74, 6) is 0.777. The van der Waals surface area contributed by atoms with Crippen LogP contribution in [0, 0.1) is 11.3 Å². The van der Waals surface area contributed by atoms with Crippen molar-refractivity contribution in [1.82, 2.24) is 4.90 Å². The molecule has 0 amide bonds. The molecule has 0 spiro atoms. The van der Waals surface area contributed by atoms with Crippen LogP contribution in [0.15, 0.2) is 0 Å². The third-order valence-electron chi connectivity index (χ3n) is 5.01. The van der Waals surface area contributed by atoms with Gasteiger partial charge in [-0.1, -0.05) is 40.5 Å². The van der Waals surface area contributed by atoms with E-state index in [-0.39, 0.29) is 5.54 Å². The Morgan fingerprint density at radius 1 is 1.18 bits per heavy atom. The van der Waals surface area contributed by atoms with E-state index in [4.69, 9.17) is 5.73 Å². The van der Waals surface area contributed by atoms with Crippen LogP contribution in [0.5, 0.6) is 0 Å². The highest BCUT2D eigenvalue weighted by atomic mass is 15.2. The summed E-state index contributed by atoms with van der Waals surface area (Å²) in [6.07, 6.45) is 6.56. The summed E-state index contributed by atoms with van der Waals surface area (Å²) >= 11 is 0. The van der Waals surface area contributed by atoms with Gasteiger partial charge in [0, 0.05) is 12.1 Å². The van der Waals surface area contributed by atoms with Gasteiger partial charge in [-0.3, -0.25) is 4.90 Å². The van der Waals surface area contributed by atoms with Gasteiger partial charge in [-0.2, -0.15) is 0 Å². The second-order valence-corrected chi connectivity index (χ2v) is 6.93. The van der Waals surface area contributed by atoms with E-state index >= 15 is 0 Å². The third-order valence-corrected chi connectivity index (χ3v) is 5.01. The first-order chi connectivity index (χ1) is 7.85. The van der Waals surface area contributed by atoms with Crippen LogP contribution in [0.1, 0.15) is 59.8 Å². The molecule has 1 saturated carbocycles. The number of hydrogen-bond donors (Lipinski definition) is 1. The Hall–Kier alpha value is -0.0800. The predicted molar refractivity (Wildman–Crippen MR) is 76.1 cm³/mol. The first-order valence-electron chi connectivity index (χ1n) is 7.27. The van der Waals surface area contributed by atoms with Crippen molar-refractivity contribution in [2.45, 2.75) is 65.3 Å². The lowest BCUT2D eigenvalue weighted by Gasteiger charge is -2.55. The standard InChI is InChI=1S/C15H32N2/c1-13(2)8-11-17(5)15(12-16)10-7-6-9-14(15,3)4/h13H,6-12,16H2,1-5H3. The van der Waals surface area contributed by atoms with E-state index < -0.39 is 0 Å². The summed E-state index contributed by atoms with van der Waals surface area (Å²) in [4.78, 5) is 2.56. The zero-order valence-corrected chi connectivity index (χ0v) is 12.6. The first kappa shape index (κ1) is 15.0. The second-order valence-electron chi connectivity index (χ2n) is 6.93. The SMILES string of the molecule is CC(C)CCN(C)C1(CN)CCCCC1(C)C. The highest BCUT2D eigenvalue weighted by Crippen LogP contribution is 2.46. The van der Waals surface area contributed by atoms with Gasteiger partial charge in [-0.05, 0) is 44.2 Å². The van der Waals surface area contributed by atoms with Gasteiger partial charge in [0.05, 0.1) is 0 Å². The molecule has 0 saturated heterocycles. The van der Waals surface area contributed by atoms with Crippen LogP contribution in [0.2, 0.25) is 0 Å². The van der Waals surface area contributed by atoms with Gasteiger partial charge in [0.15, 0.2) is 0 Å². The van der Waals surface area contributed by atoms with Crippen LogP contribution in [-0.2, 0) is 0 Å². The molecule has 0 aromatic rings. The Morgan fingerprint density at radius 2 is 1.76 bits per heavy atom. The Morgan fingerprint density at radius 3 is 2.24 bits per heavy atom. The molecule has 102 valence electrons. The maximum atomic E-state index is 6.18. The van der Waals surface area contributed by atoms with E-state index in [1.165, 1.54) is 38.6 Å². The topological polar surface area (TPSA) is 29.3 Å². The molecule has 0 aromatic carbocycles. The minimum atomic E-state index is 0.222. The number of likely N-dealkylation sites (N-methyl/N-ethyl adjacent to an activating group) is 1. The third kappa shape index (κ3) is 3.03. The molecular weight excluding hydrogens is 208 g/mol. The number of hydrogen-bond acceptors (Lipinski definition) is 2. The highest BCUT2D eigenvalue weighted by Gasteiger charge is 2.47. The summed E-state index contributed by atoms with van der Waals surface area (Å²) in [6, 6.07) is 0. The van der Waals surface area contributed by atoms with E-state index in [1.807, 2.05) is 0 Å². The van der Waals surface area contributed by atoms with Crippen molar-refractivity contribution >= 4 is 0 Å². The molecular formula is C15H32N2. The molecule has 0 heterocycles. The highest BCUT2D eigenvalue weighted by molar-refractivity contribution is 5.04. The molecule has 1 unspecified atom stereocenters. The molecule has 1 fully saturated rings. The molecule has 1 aliphatic carbocycles. The molecule has 0 bridgehead atoms. The summed E-state index contributed by atoms with van der Waals surface area (Å²) < 4.78 is 0. The second kappa shape index (κ2) is 5.71. The van der Waals surface area contributed by atoms with Crippen LogP contribution in [0.4, 0.5) is 0 Å². The van der Waals surface area contributed by atoms with Crippen molar-refractivity contribution in [2.24, 2.45) is 17.1 Å². The Balaban J connectivity index is 2.78. The average Bonchev–Trinajstić information content (AvgIpc) is 2.25. The fourth-order valence-corrected chi connectivity index (χ4v) is 3.46. The van der Waals surface area contributed by atoms with Gasteiger partial charge in [-0.25, -0.2) is 0 Å². The van der Waals surface area contributed by atoms with Crippen molar-refractivity contribution in [3.05, 3.63) is 0 Å². The molecule has 1 atom stereocenters. The number of nitrogens with zero attached hydrogens (tertiary/aromatic N) is 1. The lowest BCUT2D eigenvalue weighted by atomic mass is 9.62. The number of nitrogens with two attached hydrogens (primary N) is 1. The van der Waals surface area contributed by atoms with Gasteiger partial charge in [0.25, 0.3) is 0 Å². The van der Waals surface area contributed by atoms with Gasteiger partial charge >= 0.3 is 0 Å². The van der Waals surface area contributed by atoms with Crippen LogP contribution < -0.4 is 5.73 Å². The summed E-state index contributed by atoms with van der Waals surface area (Å²) in [5.41, 5.74) is 6.75. The Labute approximate surface area is 108 Å². The zero-order valence-electron chi connectivity index (χ0n) is 12.6. The molecule has 2 heteroatoms. The quantitative estimate of drug-likeness (QED) is 0.799. The first-order valence-corrected chi connectivity index (χ1v) is 7.27. The number of rotatable bonds is 5. The van der Waals surface area contributed by atoms with Crippen molar-refractivity contribution in [2.75, 3.05) is 20.1 Å². The van der Waals surface area contributed by atoms with E-state index in [0.717, 1.165) is 12.5 Å². The molecule has 0 radical (unpaired) electrons. The zero-order chi connectivity index (χ0) is 13.1. The molecule has 0 aliphatic heterocycles. The predicted octanol–water partition coefficient (Wildman–Crippen LogP) is 3.26. The Bertz CT molecular complexity index is 235. The maximum absolute atomic E-state index is 6.18. The monoisotopic (exact) mass is 240 g/mol. The minimum absolute atomic E-state index is 0.222. The van der Waals surface area contributed by atoms with E-state index in [1.54, 1.807) is 0 Å². The molecule has 2 nitrogen and oxygen atoms in total. The van der Waals surface area contributed by atoms with Gasteiger partial charge in [0.1, 0.15) is 0 Å². The molecule has 1 rings (SSSR count). The summed E-state index contributed by atoms with van der Waals surface area (Å²) in [7, 11) is 2.28. The minimum Gasteiger partial charge on any atom is -0.329 e. The molecule has 2 N–H and O–H groups in total. The largest absolute Gasteiger partial charge is 0.329 e. The van der Waals surface area contributed by atoms with Crippen LogP contribution in [-0.4, -0.2) is 30.6 Å². The smallest absolute Gasteiger partial charge is 0.0379 e. The van der Waals surface area contributed by atoms with Crippen molar-refractivity contribution in [3.63, 3.8) is 0 Å². The van der Waals surface area contributed by atoms with Crippen molar-refractivity contribution in [3.8, 4) is 0 Å². The summed E-state index contributed by atoms with van der Waals surface area (Å²) in [5, 5.41) is 0. The van der Waals surface area contributed by atoms with Crippen LogP contribution in [0.25, 0.3) is 0 Å². The molecule has 0 aromatic heterocycles. The normalized spacial score (nSPS) is 28.9. The van der Waals surface area contributed by atoms with Gasteiger partial charge in [0.2, 0.25) is 0 Å². The fourth-order valence-electron chi connectivity index (χ4n) is 3.46. The van der Waals surface area contributed by atoms with Crippen LogP contribution >= 0.6 is 0 Å². The fraction of sp³-hybridized carbons (Fsp3) is 1.00. The molecule has 1 aliphatic rings. The van der Waals surface area contributed by atoms with Gasteiger partial charge < -0.3 is 5.73 Å². The van der Waals surface area contributed by atoms with E-state index in [9.17, 15) is 0 Å². The Kier molecular flexibility index (Phi) is 5.03. The van der Waals surface area contributed by atoms with E-state index in [0.29, 0.717) is 5.41 Å². The van der Waals surface area contributed by atoms with Crippen LogP contribution in [0.3, 0.4) is 0 Å². The van der Waals surface area contributed by atoms with Crippen molar-refractivity contribution < 1.29 is 0 Å². The van der Waals surface area contributed by atoms with E-state index in [2.05, 4.69) is 39.6 Å². The maximum Gasteiger partial charge on any atom is 0.0379 e. The summed E-state index contributed by atoms with van der Waals surface area (Å²) in [6.45, 7) is 11.4. The molecule has 17 heavy (non-hydrogen) atoms. The lowest BCUT2D eigenvalue weighted by Crippen LogP contribution is -2.62.